The Bertz CT molecular complexity index is 806. The Balaban J connectivity index is 0.00000190. The van der Waals surface area contributed by atoms with Crippen molar-refractivity contribution in [1.82, 2.24) is 15.0 Å². The highest BCUT2D eigenvalue weighted by Gasteiger charge is 2.25. The van der Waals surface area contributed by atoms with Crippen LogP contribution in [0.3, 0.4) is 0 Å². The summed E-state index contributed by atoms with van der Waals surface area (Å²) in [4.78, 5) is 23.7. The summed E-state index contributed by atoms with van der Waals surface area (Å²) >= 11 is 0. The van der Waals surface area contributed by atoms with Crippen molar-refractivity contribution in [2.75, 3.05) is 10.6 Å². The Morgan fingerprint density at radius 3 is 2.36 bits per heavy atom. The molecule has 154 valence electrons. The zero-order chi connectivity index (χ0) is 21.5. The van der Waals surface area contributed by atoms with Crippen molar-refractivity contribution in [2.45, 2.75) is 66.6 Å². The van der Waals surface area contributed by atoms with Crippen molar-refractivity contribution >= 4 is 17.8 Å². The Morgan fingerprint density at radius 2 is 1.79 bits per heavy atom. The number of aromatic nitrogens is 3. The van der Waals surface area contributed by atoms with Crippen LogP contribution in [0.1, 0.15) is 71.0 Å². The minimum absolute atomic E-state index is 0.0491. The summed E-state index contributed by atoms with van der Waals surface area (Å²) in [6.07, 6.45) is 0.230. The first-order valence-corrected chi connectivity index (χ1v) is 9.38. The molecule has 0 aliphatic rings. The van der Waals surface area contributed by atoms with Crippen molar-refractivity contribution in [3.8, 4) is 0 Å². The van der Waals surface area contributed by atoms with Gasteiger partial charge >= 0.3 is 0 Å². The van der Waals surface area contributed by atoms with E-state index >= 15 is 0 Å². The van der Waals surface area contributed by atoms with Crippen molar-refractivity contribution < 1.29 is 13.6 Å². The zero-order valence-electron chi connectivity index (χ0n) is 17.5. The molecule has 2 aromatic rings. The molecule has 0 fully saturated rings. The van der Waals surface area contributed by atoms with E-state index in [9.17, 15) is 13.6 Å². The van der Waals surface area contributed by atoms with E-state index in [1.165, 1.54) is 13.8 Å². The molecular weight excluding hydrogens is 364 g/mol. The number of benzene rings is 1. The zero-order valence-corrected chi connectivity index (χ0v) is 17.5. The van der Waals surface area contributed by atoms with Crippen molar-refractivity contribution in [3.63, 3.8) is 0 Å². The van der Waals surface area contributed by atoms with E-state index in [-0.39, 0.29) is 35.9 Å². The van der Waals surface area contributed by atoms with Gasteiger partial charge in [-0.25, -0.2) is 8.78 Å². The monoisotopic (exact) mass is 393 g/mol. The van der Waals surface area contributed by atoms with Crippen molar-refractivity contribution in [3.05, 3.63) is 41.0 Å². The second kappa shape index (κ2) is 10.1. The van der Waals surface area contributed by atoms with Crippen molar-refractivity contribution in [2.24, 2.45) is 0 Å². The summed E-state index contributed by atoms with van der Waals surface area (Å²) in [5.41, 5.74) is -0.873. The Hall–Kier alpha value is -2.64. The smallest absolute Gasteiger partial charge is 0.234 e. The highest BCUT2D eigenvalue weighted by Crippen LogP contribution is 2.25. The third kappa shape index (κ3) is 6.21. The van der Waals surface area contributed by atoms with Gasteiger partial charge in [0, 0.05) is 12.0 Å². The van der Waals surface area contributed by atoms with Crippen LogP contribution in [0.4, 0.5) is 20.7 Å². The van der Waals surface area contributed by atoms with Crippen LogP contribution >= 0.6 is 0 Å². The summed E-state index contributed by atoms with van der Waals surface area (Å²) in [5.74, 6) is -0.750. The summed E-state index contributed by atoms with van der Waals surface area (Å²) < 4.78 is 28.6. The lowest BCUT2D eigenvalue weighted by Gasteiger charge is -2.19. The van der Waals surface area contributed by atoms with Crippen molar-refractivity contribution in [1.29, 1.82) is 0 Å². The molecule has 2 rings (SSSR count). The van der Waals surface area contributed by atoms with Gasteiger partial charge in [-0.15, -0.1) is 0 Å². The number of rotatable bonds is 6. The molecule has 1 aromatic heterocycles. The van der Waals surface area contributed by atoms with E-state index in [0.717, 1.165) is 0 Å². The highest BCUT2D eigenvalue weighted by molar-refractivity contribution is 5.88. The Labute approximate surface area is 165 Å². The van der Waals surface area contributed by atoms with E-state index in [0.29, 0.717) is 11.1 Å². The number of hydrogen-bond donors (Lipinski definition) is 2. The lowest BCUT2D eigenvalue weighted by atomic mass is 10.0. The first-order chi connectivity index (χ1) is 13.1. The van der Waals surface area contributed by atoms with E-state index in [1.54, 1.807) is 39.0 Å². The molecule has 1 atom stereocenters. The second-order valence-corrected chi connectivity index (χ2v) is 6.52. The Morgan fingerprint density at radius 1 is 1.18 bits per heavy atom. The maximum atomic E-state index is 14.3. The average Bonchev–Trinajstić information content (AvgIpc) is 2.64. The maximum Gasteiger partial charge on any atom is 0.234 e. The number of halogens is 2. The number of alkyl halides is 1. The van der Waals surface area contributed by atoms with Crippen LogP contribution in [-0.4, -0.2) is 20.9 Å². The van der Waals surface area contributed by atoms with Gasteiger partial charge in [0.05, 0.1) is 6.04 Å². The fraction of sp³-hybridized carbons (Fsp3) is 0.500. The molecule has 0 saturated heterocycles. The average molecular weight is 393 g/mol. The number of carbonyl (C=O) groups excluding carboxylic acids is 1. The van der Waals surface area contributed by atoms with Gasteiger partial charge in [-0.05, 0) is 33.3 Å². The molecular formula is C20H29F2N5O. The molecule has 0 spiro atoms. The fourth-order valence-electron chi connectivity index (χ4n) is 2.25. The molecule has 2 N–H and O–H groups in total. The molecule has 0 radical (unpaired) electrons. The van der Waals surface area contributed by atoms with Crippen LogP contribution in [0.15, 0.2) is 18.2 Å². The molecule has 1 aromatic carbocycles. The molecule has 6 nitrogen and oxygen atoms in total. The number of nitrogens with one attached hydrogen (secondary N) is 2. The number of carbonyl (C=O) groups is 1. The molecule has 8 heteroatoms. The number of anilines is 2. The minimum Gasteiger partial charge on any atom is -0.347 e. The lowest BCUT2D eigenvalue weighted by Crippen LogP contribution is -2.21. The fourth-order valence-corrected chi connectivity index (χ4v) is 2.25. The maximum absolute atomic E-state index is 14.3. The van der Waals surface area contributed by atoms with Gasteiger partial charge in [0.2, 0.25) is 17.8 Å². The predicted octanol–water partition coefficient (Wildman–Crippen LogP) is 5.07. The van der Waals surface area contributed by atoms with E-state index in [1.807, 2.05) is 13.8 Å². The molecule has 1 unspecified atom stereocenters. The van der Waals surface area contributed by atoms with Crippen LogP contribution < -0.4 is 10.6 Å². The van der Waals surface area contributed by atoms with Gasteiger partial charge in [-0.3, -0.25) is 10.1 Å². The number of hydrogen-bond acceptors (Lipinski definition) is 5. The third-order valence-corrected chi connectivity index (χ3v) is 3.77. The summed E-state index contributed by atoms with van der Waals surface area (Å²) in [7, 11) is 0. The van der Waals surface area contributed by atoms with Gasteiger partial charge in [0.25, 0.3) is 0 Å². The second-order valence-electron chi connectivity index (χ2n) is 6.52. The summed E-state index contributed by atoms with van der Waals surface area (Å²) in [6.45, 7) is 11.7. The Kier molecular flexibility index (Phi) is 8.40. The summed E-state index contributed by atoms with van der Waals surface area (Å²) in [6, 6.07) is 4.61. The third-order valence-electron chi connectivity index (χ3n) is 3.77. The predicted molar refractivity (Wildman–Crippen MR) is 107 cm³/mol. The molecule has 0 aliphatic heterocycles. The first-order valence-electron chi connectivity index (χ1n) is 9.38. The molecule has 1 amide bonds. The SMILES string of the molecule is CC.CCC(=O)Nc1nc(NC(C)c2cccc(C)c2F)nc(C(C)(C)F)n1. The van der Waals surface area contributed by atoms with Crippen LogP contribution in [0.5, 0.6) is 0 Å². The largest absolute Gasteiger partial charge is 0.347 e. The minimum atomic E-state index is -1.83. The molecule has 0 bridgehead atoms. The van der Waals surface area contributed by atoms with Crippen LogP contribution in [0.2, 0.25) is 0 Å². The van der Waals surface area contributed by atoms with Gasteiger partial charge in [-0.2, -0.15) is 15.0 Å². The van der Waals surface area contributed by atoms with Gasteiger partial charge < -0.3 is 5.32 Å². The molecule has 0 aliphatic carbocycles. The normalized spacial score (nSPS) is 11.9. The molecule has 1 heterocycles. The summed E-state index contributed by atoms with van der Waals surface area (Å²) in [5, 5.41) is 5.45. The number of amides is 1. The van der Waals surface area contributed by atoms with E-state index < -0.39 is 11.7 Å². The molecule has 0 saturated carbocycles. The van der Waals surface area contributed by atoms with Crippen LogP contribution in [-0.2, 0) is 10.5 Å². The number of aryl methyl sites for hydroxylation is 1. The van der Waals surface area contributed by atoms with E-state index in [4.69, 9.17) is 0 Å². The first kappa shape index (κ1) is 23.4. The lowest BCUT2D eigenvalue weighted by molar-refractivity contribution is -0.115. The molecule has 28 heavy (non-hydrogen) atoms. The van der Waals surface area contributed by atoms with E-state index in [2.05, 4.69) is 25.6 Å². The quantitative estimate of drug-likeness (QED) is 0.716. The van der Waals surface area contributed by atoms with Crippen LogP contribution in [0, 0.1) is 12.7 Å². The van der Waals surface area contributed by atoms with Gasteiger partial charge in [-0.1, -0.05) is 39.0 Å². The van der Waals surface area contributed by atoms with Gasteiger partial charge in [0.1, 0.15) is 5.82 Å². The topological polar surface area (TPSA) is 79.8 Å². The highest BCUT2D eigenvalue weighted by atomic mass is 19.1. The van der Waals surface area contributed by atoms with Gasteiger partial charge in [0.15, 0.2) is 11.5 Å². The number of nitrogens with zero attached hydrogens (tertiary/aromatic N) is 3. The van der Waals surface area contributed by atoms with Crippen LogP contribution in [0.25, 0.3) is 0 Å². The standard InChI is InChI=1S/C18H23F2N5O.C2H6/c1-6-13(26)22-17-24-15(18(4,5)20)23-16(25-17)21-11(3)12-9-7-8-10(2)14(12)19;1-2/h7-9,11H,6H2,1-5H3,(H2,21,22,23,24,25,26);1-2H3.